The van der Waals surface area contributed by atoms with Crippen molar-refractivity contribution in [3.8, 4) is 0 Å². The Morgan fingerprint density at radius 1 is 1.11 bits per heavy atom. The topological polar surface area (TPSA) is 123 Å². The Labute approximate surface area is 207 Å². The van der Waals surface area contributed by atoms with Crippen LogP contribution in [0.5, 0.6) is 0 Å². The van der Waals surface area contributed by atoms with Crippen molar-refractivity contribution >= 4 is 28.8 Å². The summed E-state index contributed by atoms with van der Waals surface area (Å²) in [7, 11) is 1.53. The number of aryl methyl sites for hydroxylation is 1. The molecule has 0 radical (unpaired) electrons. The van der Waals surface area contributed by atoms with Crippen molar-refractivity contribution in [2.75, 3.05) is 24.5 Å². The highest BCUT2D eigenvalue weighted by molar-refractivity contribution is 5.96. The third kappa shape index (κ3) is 4.13. The summed E-state index contributed by atoms with van der Waals surface area (Å²) in [6.45, 7) is 5.68. The largest absolute Gasteiger partial charge is 0.352 e. The van der Waals surface area contributed by atoms with Crippen LogP contribution >= 0.6 is 0 Å². The van der Waals surface area contributed by atoms with Gasteiger partial charge in [-0.15, -0.1) is 0 Å². The van der Waals surface area contributed by atoms with Crippen molar-refractivity contribution < 1.29 is 9.59 Å². The molecule has 3 aromatic rings. The van der Waals surface area contributed by atoms with Gasteiger partial charge < -0.3 is 15.5 Å². The number of nitrogens with zero attached hydrogens (tertiary/aromatic N) is 5. The van der Waals surface area contributed by atoms with Crippen molar-refractivity contribution in [2.45, 2.75) is 45.4 Å². The average molecular weight is 494 g/mol. The summed E-state index contributed by atoms with van der Waals surface area (Å²) in [5.41, 5.74) is -0.499. The number of nitrogens with one attached hydrogen (secondary N) is 2. The number of fused-ring (bicyclic) bond motifs is 2. The van der Waals surface area contributed by atoms with Crippen LogP contribution in [0.25, 0.3) is 11.2 Å². The molecule has 4 heterocycles. The molecular formula is C25H31N7O4. The van der Waals surface area contributed by atoms with Crippen molar-refractivity contribution in [2.24, 2.45) is 13.0 Å². The van der Waals surface area contributed by atoms with E-state index in [1.807, 2.05) is 13.8 Å². The summed E-state index contributed by atoms with van der Waals surface area (Å²) in [5, 5.41) is 6.28. The molecule has 11 heteroatoms. The average Bonchev–Trinajstić information content (AvgIpc) is 3.55. The van der Waals surface area contributed by atoms with Crippen LogP contribution in [0.15, 0.2) is 39.9 Å². The number of benzene rings is 1. The van der Waals surface area contributed by atoms with Crippen molar-refractivity contribution in [1.29, 1.82) is 0 Å². The van der Waals surface area contributed by atoms with Gasteiger partial charge in [0.25, 0.3) is 5.56 Å². The highest BCUT2D eigenvalue weighted by Crippen LogP contribution is 2.32. The number of rotatable bonds is 7. The molecule has 5 rings (SSSR count). The SMILES string of the molecule is CC(C)NC(=O)Cn1c(N2CCC3CNCC32)nc2c1c(=O)n(CC(=O)c1ccccc1)c(=O)n2C. The predicted molar refractivity (Wildman–Crippen MR) is 135 cm³/mol. The number of carbonyl (C=O) groups excluding carboxylic acids is 2. The first-order chi connectivity index (χ1) is 17.3. The smallest absolute Gasteiger partial charge is 0.332 e. The van der Waals surface area contributed by atoms with Crippen molar-refractivity contribution in [3.63, 3.8) is 0 Å². The zero-order valence-corrected chi connectivity index (χ0v) is 20.7. The van der Waals surface area contributed by atoms with Gasteiger partial charge in [0.15, 0.2) is 16.9 Å². The standard InChI is InChI=1S/C25H31N7O4/c1-15(2)27-20(34)14-31-21-22(28-24(31)30-10-9-17-11-26-12-18(17)30)29(3)25(36)32(23(21)35)13-19(33)16-7-5-4-6-8-16/h4-8,15,17-18,26H,9-14H2,1-3H3,(H,27,34). The maximum atomic E-state index is 13.7. The minimum absolute atomic E-state index is 0.0737. The van der Waals surface area contributed by atoms with Gasteiger partial charge in [0, 0.05) is 44.3 Å². The molecule has 0 spiro atoms. The molecule has 0 bridgehead atoms. The normalized spacial score (nSPS) is 19.3. The predicted octanol–water partition coefficient (Wildman–Crippen LogP) is 0.102. The highest BCUT2D eigenvalue weighted by Gasteiger charge is 2.40. The lowest BCUT2D eigenvalue weighted by Gasteiger charge is -2.25. The van der Waals surface area contributed by atoms with Gasteiger partial charge in [-0.2, -0.15) is 4.98 Å². The molecule has 0 saturated carbocycles. The molecular weight excluding hydrogens is 462 g/mol. The number of anilines is 1. The van der Waals surface area contributed by atoms with E-state index in [9.17, 15) is 19.2 Å². The fourth-order valence-corrected chi connectivity index (χ4v) is 5.34. The Morgan fingerprint density at radius 3 is 2.58 bits per heavy atom. The summed E-state index contributed by atoms with van der Waals surface area (Å²) in [5.74, 6) is 0.356. The van der Waals surface area contributed by atoms with Crippen LogP contribution in [-0.4, -0.2) is 62.1 Å². The van der Waals surface area contributed by atoms with E-state index >= 15 is 0 Å². The van der Waals surface area contributed by atoms with E-state index in [1.54, 1.807) is 34.9 Å². The fourth-order valence-electron chi connectivity index (χ4n) is 5.34. The van der Waals surface area contributed by atoms with Crippen LogP contribution in [0.3, 0.4) is 0 Å². The molecule has 2 atom stereocenters. The fraction of sp³-hybridized carbons (Fsp3) is 0.480. The lowest BCUT2D eigenvalue weighted by Crippen LogP contribution is -2.42. The molecule has 36 heavy (non-hydrogen) atoms. The quantitative estimate of drug-likeness (QED) is 0.448. The van der Waals surface area contributed by atoms with E-state index in [4.69, 9.17) is 4.98 Å². The molecule has 1 aromatic carbocycles. The van der Waals surface area contributed by atoms with Crippen LogP contribution < -0.4 is 26.8 Å². The van der Waals surface area contributed by atoms with Crippen LogP contribution in [0.2, 0.25) is 0 Å². The number of amides is 1. The second kappa shape index (κ2) is 9.38. The van der Waals surface area contributed by atoms with Crippen LogP contribution in [0, 0.1) is 5.92 Å². The number of imidazole rings is 1. The summed E-state index contributed by atoms with van der Waals surface area (Å²) >= 11 is 0. The first-order valence-corrected chi connectivity index (χ1v) is 12.3. The number of ketones is 1. The molecule has 2 aliphatic heterocycles. The van der Waals surface area contributed by atoms with Gasteiger partial charge in [-0.25, -0.2) is 4.79 Å². The first-order valence-electron chi connectivity index (χ1n) is 12.3. The Balaban J connectivity index is 1.65. The molecule has 2 N–H and O–H groups in total. The second-order valence-corrected chi connectivity index (χ2v) is 9.88. The van der Waals surface area contributed by atoms with E-state index in [0.717, 1.165) is 30.6 Å². The van der Waals surface area contributed by atoms with E-state index in [-0.39, 0.29) is 41.5 Å². The Bertz CT molecular complexity index is 1440. The molecule has 1 amide bonds. The summed E-state index contributed by atoms with van der Waals surface area (Å²) in [6, 6.07) is 8.67. The summed E-state index contributed by atoms with van der Waals surface area (Å²) in [6.07, 6.45) is 0.980. The van der Waals surface area contributed by atoms with Gasteiger partial charge in [-0.1, -0.05) is 30.3 Å². The third-order valence-corrected chi connectivity index (χ3v) is 7.06. The van der Waals surface area contributed by atoms with Crippen molar-refractivity contribution in [1.82, 2.24) is 29.3 Å². The maximum absolute atomic E-state index is 13.7. The van der Waals surface area contributed by atoms with E-state index in [2.05, 4.69) is 15.5 Å². The Kier molecular flexibility index (Phi) is 6.25. The molecule has 2 aromatic heterocycles. The van der Waals surface area contributed by atoms with E-state index in [0.29, 0.717) is 17.4 Å². The number of hydrogen-bond acceptors (Lipinski definition) is 7. The summed E-state index contributed by atoms with van der Waals surface area (Å²) in [4.78, 5) is 59.5. The molecule has 2 fully saturated rings. The molecule has 0 aliphatic carbocycles. The van der Waals surface area contributed by atoms with Crippen LogP contribution in [0.4, 0.5) is 5.95 Å². The van der Waals surface area contributed by atoms with Crippen molar-refractivity contribution in [3.05, 3.63) is 56.7 Å². The van der Waals surface area contributed by atoms with Gasteiger partial charge >= 0.3 is 5.69 Å². The zero-order valence-electron chi connectivity index (χ0n) is 20.7. The van der Waals surface area contributed by atoms with Gasteiger partial charge in [0.05, 0.1) is 6.54 Å². The Morgan fingerprint density at radius 2 is 1.86 bits per heavy atom. The van der Waals surface area contributed by atoms with Gasteiger partial charge in [0.2, 0.25) is 11.9 Å². The number of aromatic nitrogens is 4. The van der Waals surface area contributed by atoms with Gasteiger partial charge in [0.1, 0.15) is 6.54 Å². The second-order valence-electron chi connectivity index (χ2n) is 9.88. The first kappa shape index (κ1) is 24.0. The highest BCUT2D eigenvalue weighted by atomic mass is 16.2. The number of carbonyl (C=O) groups is 2. The van der Waals surface area contributed by atoms with E-state index in [1.165, 1.54) is 11.6 Å². The minimum atomic E-state index is -0.631. The minimum Gasteiger partial charge on any atom is -0.352 e. The lowest BCUT2D eigenvalue weighted by atomic mass is 10.1. The maximum Gasteiger partial charge on any atom is 0.332 e. The molecule has 2 saturated heterocycles. The van der Waals surface area contributed by atoms with Crippen LogP contribution in [-0.2, 0) is 24.9 Å². The molecule has 2 aliphatic rings. The van der Waals surface area contributed by atoms with E-state index < -0.39 is 17.8 Å². The molecule has 190 valence electrons. The number of Topliss-reactive ketones (excluding diaryl/α,β-unsaturated/α-hetero) is 1. The number of hydrogen-bond donors (Lipinski definition) is 2. The summed E-state index contributed by atoms with van der Waals surface area (Å²) < 4.78 is 3.83. The van der Waals surface area contributed by atoms with Gasteiger partial charge in [-0.05, 0) is 26.2 Å². The Hall–Kier alpha value is -3.73. The van der Waals surface area contributed by atoms with Crippen LogP contribution in [0.1, 0.15) is 30.6 Å². The molecule has 11 nitrogen and oxygen atoms in total. The van der Waals surface area contributed by atoms with Gasteiger partial charge in [-0.3, -0.25) is 28.1 Å². The lowest BCUT2D eigenvalue weighted by molar-refractivity contribution is -0.122. The third-order valence-electron chi connectivity index (χ3n) is 7.06. The zero-order chi connectivity index (χ0) is 25.6. The molecule has 2 unspecified atom stereocenters. The monoisotopic (exact) mass is 493 g/mol.